The molecule has 24 heavy (non-hydrogen) atoms. The van der Waals surface area contributed by atoms with Crippen LogP contribution in [0, 0.1) is 0 Å². The number of amides is 1. The molecule has 0 radical (unpaired) electrons. The van der Waals surface area contributed by atoms with Crippen LogP contribution in [0.1, 0.15) is 62.6 Å². The molecular formula is C20H28N2OS. The van der Waals surface area contributed by atoms with Crippen molar-refractivity contribution in [1.29, 1.82) is 0 Å². The highest BCUT2D eigenvalue weighted by atomic mass is 32.1. The summed E-state index contributed by atoms with van der Waals surface area (Å²) in [4.78, 5) is 13.5. The number of hydrogen-bond donors (Lipinski definition) is 2. The van der Waals surface area contributed by atoms with Gasteiger partial charge >= 0.3 is 0 Å². The van der Waals surface area contributed by atoms with Crippen molar-refractivity contribution < 1.29 is 4.79 Å². The van der Waals surface area contributed by atoms with Gasteiger partial charge in [-0.05, 0) is 49.3 Å². The third kappa shape index (κ3) is 4.92. The van der Waals surface area contributed by atoms with E-state index in [-0.39, 0.29) is 24.0 Å². The zero-order valence-electron chi connectivity index (χ0n) is 15.2. The van der Waals surface area contributed by atoms with Gasteiger partial charge in [0, 0.05) is 10.9 Å². The normalized spacial score (nSPS) is 14.0. The monoisotopic (exact) mass is 344 g/mol. The molecule has 0 aliphatic heterocycles. The molecule has 0 saturated carbocycles. The van der Waals surface area contributed by atoms with Crippen LogP contribution in [0.3, 0.4) is 0 Å². The average Bonchev–Trinajstić information content (AvgIpc) is 3.06. The van der Waals surface area contributed by atoms with E-state index in [4.69, 9.17) is 0 Å². The second kappa shape index (κ2) is 8.45. The molecule has 0 saturated heterocycles. The molecule has 1 aromatic heterocycles. The predicted octanol–water partition coefficient (Wildman–Crippen LogP) is 4.46. The molecule has 130 valence electrons. The molecule has 3 nitrogen and oxygen atoms in total. The van der Waals surface area contributed by atoms with E-state index in [1.54, 1.807) is 11.3 Å². The van der Waals surface area contributed by atoms with Crippen molar-refractivity contribution in [3.05, 3.63) is 57.8 Å². The number of thiophene rings is 1. The lowest BCUT2D eigenvalue weighted by molar-refractivity contribution is -0.123. The molecular weight excluding hydrogens is 316 g/mol. The molecule has 1 heterocycles. The lowest BCUT2D eigenvalue weighted by Gasteiger charge is -2.24. The topological polar surface area (TPSA) is 41.1 Å². The van der Waals surface area contributed by atoms with Crippen LogP contribution >= 0.6 is 11.3 Å². The number of carbonyl (C=O) groups is 1. The second-order valence-electron chi connectivity index (χ2n) is 6.82. The van der Waals surface area contributed by atoms with Gasteiger partial charge in [-0.1, -0.05) is 44.2 Å². The lowest BCUT2D eigenvalue weighted by atomic mass is 9.98. The van der Waals surface area contributed by atoms with Crippen LogP contribution in [0.15, 0.2) is 41.8 Å². The molecule has 2 N–H and O–H groups in total. The second-order valence-corrected chi connectivity index (χ2v) is 7.80. The summed E-state index contributed by atoms with van der Waals surface area (Å²) in [7, 11) is 0. The first-order valence-electron chi connectivity index (χ1n) is 8.58. The standard InChI is InChI=1S/C20H28N2OS/c1-13(2)16-8-10-17(11-9-16)19(18-7-6-12-24-18)22-15(5)20(23)21-14(3)4/h6-15,19,22H,1-5H3,(H,21,23)/t15-,19-/m0/s1. The minimum atomic E-state index is -0.260. The van der Waals surface area contributed by atoms with Crippen LogP contribution in [0.5, 0.6) is 0 Å². The van der Waals surface area contributed by atoms with Gasteiger partial charge in [-0.15, -0.1) is 11.3 Å². The zero-order valence-corrected chi connectivity index (χ0v) is 16.0. The molecule has 2 aromatic rings. The number of hydrogen-bond acceptors (Lipinski definition) is 3. The Balaban J connectivity index is 2.21. The molecule has 1 amide bonds. The van der Waals surface area contributed by atoms with Crippen molar-refractivity contribution in [2.24, 2.45) is 0 Å². The Labute approximate surface area is 149 Å². The Hall–Kier alpha value is -1.65. The van der Waals surface area contributed by atoms with Crippen molar-refractivity contribution >= 4 is 17.2 Å². The van der Waals surface area contributed by atoms with E-state index < -0.39 is 0 Å². The number of benzene rings is 1. The molecule has 0 aliphatic carbocycles. The summed E-state index contributed by atoms with van der Waals surface area (Å²) in [5.74, 6) is 0.549. The first-order chi connectivity index (χ1) is 11.4. The summed E-state index contributed by atoms with van der Waals surface area (Å²) in [6.45, 7) is 10.3. The van der Waals surface area contributed by atoms with E-state index in [1.807, 2.05) is 20.8 Å². The number of rotatable bonds is 7. The fourth-order valence-electron chi connectivity index (χ4n) is 2.61. The fraction of sp³-hybridized carbons (Fsp3) is 0.450. The van der Waals surface area contributed by atoms with Gasteiger partial charge in [-0.25, -0.2) is 0 Å². The maximum atomic E-state index is 12.3. The summed E-state index contributed by atoms with van der Waals surface area (Å²) in [5.41, 5.74) is 2.51. The van der Waals surface area contributed by atoms with Crippen LogP contribution in [0.2, 0.25) is 0 Å². The van der Waals surface area contributed by atoms with Gasteiger partial charge in [0.25, 0.3) is 0 Å². The summed E-state index contributed by atoms with van der Waals surface area (Å²) in [5, 5.41) is 8.53. The molecule has 4 heteroatoms. The quantitative estimate of drug-likeness (QED) is 0.778. The van der Waals surface area contributed by atoms with Crippen LogP contribution in [-0.2, 0) is 4.79 Å². The first-order valence-corrected chi connectivity index (χ1v) is 9.46. The molecule has 2 rings (SSSR count). The van der Waals surface area contributed by atoms with Gasteiger partial charge in [-0.3, -0.25) is 10.1 Å². The largest absolute Gasteiger partial charge is 0.353 e. The van der Waals surface area contributed by atoms with E-state index in [2.05, 4.69) is 66.3 Å². The van der Waals surface area contributed by atoms with Gasteiger partial charge in [0.05, 0.1) is 12.1 Å². The van der Waals surface area contributed by atoms with Crippen LogP contribution in [0.4, 0.5) is 0 Å². The molecule has 0 spiro atoms. The Morgan fingerprint density at radius 3 is 2.08 bits per heavy atom. The molecule has 2 atom stereocenters. The number of nitrogens with one attached hydrogen (secondary N) is 2. The Bertz CT molecular complexity index is 632. The fourth-order valence-corrected chi connectivity index (χ4v) is 3.42. The van der Waals surface area contributed by atoms with Gasteiger partial charge in [0.15, 0.2) is 0 Å². The zero-order chi connectivity index (χ0) is 17.7. The maximum absolute atomic E-state index is 12.3. The van der Waals surface area contributed by atoms with Gasteiger partial charge in [-0.2, -0.15) is 0 Å². The third-order valence-electron chi connectivity index (χ3n) is 4.01. The van der Waals surface area contributed by atoms with E-state index in [0.717, 1.165) is 0 Å². The third-order valence-corrected chi connectivity index (χ3v) is 4.94. The number of carbonyl (C=O) groups excluding carboxylic acids is 1. The van der Waals surface area contributed by atoms with Crippen LogP contribution < -0.4 is 10.6 Å². The Kier molecular flexibility index (Phi) is 6.58. The van der Waals surface area contributed by atoms with E-state index >= 15 is 0 Å². The minimum absolute atomic E-state index is 0.0270. The first kappa shape index (κ1) is 18.7. The molecule has 0 unspecified atom stereocenters. The smallest absolute Gasteiger partial charge is 0.237 e. The van der Waals surface area contributed by atoms with Crippen molar-refractivity contribution in [1.82, 2.24) is 10.6 Å². The minimum Gasteiger partial charge on any atom is -0.353 e. The summed E-state index contributed by atoms with van der Waals surface area (Å²) in [6, 6.07) is 12.8. The Morgan fingerprint density at radius 2 is 1.58 bits per heavy atom. The van der Waals surface area contributed by atoms with Gasteiger partial charge in [0.1, 0.15) is 0 Å². The highest BCUT2D eigenvalue weighted by Gasteiger charge is 2.21. The van der Waals surface area contributed by atoms with E-state index in [0.29, 0.717) is 5.92 Å². The summed E-state index contributed by atoms with van der Waals surface area (Å²) >= 11 is 1.71. The van der Waals surface area contributed by atoms with Gasteiger partial charge in [0.2, 0.25) is 5.91 Å². The molecule has 0 aliphatic rings. The molecule has 1 aromatic carbocycles. The maximum Gasteiger partial charge on any atom is 0.237 e. The van der Waals surface area contributed by atoms with E-state index in [1.165, 1.54) is 16.0 Å². The molecule has 0 fully saturated rings. The van der Waals surface area contributed by atoms with Crippen LogP contribution in [0.25, 0.3) is 0 Å². The van der Waals surface area contributed by atoms with Crippen LogP contribution in [-0.4, -0.2) is 18.0 Å². The van der Waals surface area contributed by atoms with E-state index in [9.17, 15) is 4.79 Å². The predicted molar refractivity (Wildman–Crippen MR) is 103 cm³/mol. The molecule has 0 bridgehead atoms. The van der Waals surface area contributed by atoms with Crippen molar-refractivity contribution in [3.8, 4) is 0 Å². The van der Waals surface area contributed by atoms with Crippen molar-refractivity contribution in [2.45, 2.75) is 58.7 Å². The van der Waals surface area contributed by atoms with Gasteiger partial charge < -0.3 is 5.32 Å². The summed E-state index contributed by atoms with van der Waals surface area (Å²) in [6.07, 6.45) is 0. The lowest BCUT2D eigenvalue weighted by Crippen LogP contribution is -2.45. The van der Waals surface area contributed by atoms with Crippen molar-refractivity contribution in [2.75, 3.05) is 0 Å². The highest BCUT2D eigenvalue weighted by Crippen LogP contribution is 2.28. The average molecular weight is 345 g/mol. The highest BCUT2D eigenvalue weighted by molar-refractivity contribution is 7.10. The Morgan fingerprint density at radius 1 is 0.958 bits per heavy atom. The SMILES string of the molecule is CC(C)NC(=O)[C@H](C)N[C@@H](c1ccc(C(C)C)cc1)c1cccs1. The van der Waals surface area contributed by atoms with Crippen molar-refractivity contribution in [3.63, 3.8) is 0 Å². The summed E-state index contributed by atoms with van der Waals surface area (Å²) < 4.78 is 0.